The highest BCUT2D eigenvalue weighted by Gasteiger charge is 2.22. The first-order valence-electron chi connectivity index (χ1n) is 11.9. The molecule has 0 saturated carbocycles. The fourth-order valence-corrected chi connectivity index (χ4v) is 7.16. The summed E-state index contributed by atoms with van der Waals surface area (Å²) in [5.41, 5.74) is 4.50. The first-order valence-corrected chi connectivity index (χ1v) is 14.7. The number of benzene rings is 1. The van der Waals surface area contributed by atoms with E-state index in [4.69, 9.17) is 0 Å². The van der Waals surface area contributed by atoms with Crippen molar-refractivity contribution in [1.82, 2.24) is 24.7 Å². The van der Waals surface area contributed by atoms with Crippen molar-refractivity contribution in [2.24, 2.45) is 0 Å². The van der Waals surface area contributed by atoms with Crippen molar-refractivity contribution in [1.29, 1.82) is 5.26 Å². The summed E-state index contributed by atoms with van der Waals surface area (Å²) in [7, 11) is 0. The number of carbonyl (C=O) groups is 1. The van der Waals surface area contributed by atoms with Crippen LogP contribution >= 0.6 is 34.9 Å². The van der Waals surface area contributed by atoms with E-state index in [9.17, 15) is 10.1 Å². The number of aryl methyl sites for hydroxylation is 3. The van der Waals surface area contributed by atoms with Crippen molar-refractivity contribution < 1.29 is 4.79 Å². The highest BCUT2D eigenvalue weighted by molar-refractivity contribution is 7.99. The van der Waals surface area contributed by atoms with Crippen LogP contribution in [0.3, 0.4) is 0 Å². The van der Waals surface area contributed by atoms with Gasteiger partial charge in [0.2, 0.25) is 5.91 Å². The minimum atomic E-state index is -0.165. The first kappa shape index (κ1) is 25.4. The molecule has 0 aliphatic heterocycles. The molecule has 188 valence electrons. The van der Waals surface area contributed by atoms with E-state index in [0.717, 1.165) is 54.1 Å². The molecule has 8 nitrogen and oxygen atoms in total. The van der Waals surface area contributed by atoms with Crippen LogP contribution in [0, 0.1) is 25.2 Å². The number of nitriles is 1. The van der Waals surface area contributed by atoms with Crippen LogP contribution in [0.25, 0.3) is 5.69 Å². The first-order chi connectivity index (χ1) is 18.0. The van der Waals surface area contributed by atoms with Gasteiger partial charge in [0.15, 0.2) is 10.3 Å². The summed E-state index contributed by atoms with van der Waals surface area (Å²) < 4.78 is 1.97. The molecule has 0 unspecified atom stereocenters. The number of amides is 1. The number of nitrogens with zero attached hydrogens (tertiary/aromatic N) is 6. The van der Waals surface area contributed by atoms with Crippen LogP contribution in [-0.4, -0.2) is 36.4 Å². The van der Waals surface area contributed by atoms with Crippen LogP contribution in [0.4, 0.5) is 5.00 Å². The van der Waals surface area contributed by atoms with Gasteiger partial charge >= 0.3 is 0 Å². The molecule has 1 amide bonds. The zero-order valence-electron chi connectivity index (χ0n) is 20.5. The molecule has 1 aliphatic rings. The Morgan fingerprint density at radius 2 is 1.86 bits per heavy atom. The fourth-order valence-electron chi connectivity index (χ4n) is 4.28. The number of hydrogen-bond donors (Lipinski definition) is 1. The summed E-state index contributed by atoms with van der Waals surface area (Å²) in [6.45, 7) is 3.91. The van der Waals surface area contributed by atoms with Crippen molar-refractivity contribution in [3.05, 3.63) is 69.6 Å². The molecule has 1 aromatic carbocycles. The van der Waals surface area contributed by atoms with Crippen LogP contribution in [0.5, 0.6) is 0 Å². The summed E-state index contributed by atoms with van der Waals surface area (Å²) in [5, 5.41) is 23.5. The molecule has 1 N–H and O–H groups in total. The molecule has 0 spiro atoms. The largest absolute Gasteiger partial charge is 0.316 e. The van der Waals surface area contributed by atoms with E-state index in [1.54, 1.807) is 0 Å². The number of thiophene rings is 1. The van der Waals surface area contributed by atoms with Gasteiger partial charge in [0.25, 0.3) is 0 Å². The van der Waals surface area contributed by atoms with Crippen molar-refractivity contribution >= 4 is 45.8 Å². The SMILES string of the molecule is Cc1cc(C)nc(SCc2nnc(SCC(=O)Nc3sc4c(c3C#N)CCCC4)n2-c2ccccc2)n1. The lowest BCUT2D eigenvalue weighted by Crippen LogP contribution is -2.14. The van der Waals surface area contributed by atoms with Gasteiger partial charge in [0.05, 0.1) is 17.1 Å². The van der Waals surface area contributed by atoms with Crippen molar-refractivity contribution in [2.45, 2.75) is 55.6 Å². The van der Waals surface area contributed by atoms with Crippen molar-refractivity contribution in [3.8, 4) is 11.8 Å². The molecular formula is C26H25N7OS3. The number of aromatic nitrogens is 5. The van der Waals surface area contributed by atoms with Gasteiger partial charge in [0.1, 0.15) is 16.9 Å². The van der Waals surface area contributed by atoms with E-state index in [-0.39, 0.29) is 11.7 Å². The Kier molecular flexibility index (Phi) is 7.88. The van der Waals surface area contributed by atoms with Gasteiger partial charge in [-0.15, -0.1) is 21.5 Å². The Bertz CT molecular complexity index is 1450. The maximum absolute atomic E-state index is 12.9. The van der Waals surface area contributed by atoms with E-state index in [1.165, 1.54) is 39.7 Å². The molecule has 0 saturated heterocycles. The lowest BCUT2D eigenvalue weighted by atomic mass is 9.96. The molecule has 0 radical (unpaired) electrons. The van der Waals surface area contributed by atoms with Crippen LogP contribution in [-0.2, 0) is 23.4 Å². The average molecular weight is 548 g/mol. The normalized spacial score (nSPS) is 12.7. The molecule has 5 rings (SSSR count). The molecule has 11 heteroatoms. The van der Waals surface area contributed by atoms with Gasteiger partial charge in [-0.1, -0.05) is 41.7 Å². The number of hydrogen-bond acceptors (Lipinski definition) is 9. The molecule has 0 bridgehead atoms. The molecule has 3 aromatic heterocycles. The van der Waals surface area contributed by atoms with E-state index in [1.807, 2.05) is 54.8 Å². The van der Waals surface area contributed by atoms with Gasteiger partial charge in [-0.05, 0) is 63.3 Å². The van der Waals surface area contributed by atoms with Crippen molar-refractivity contribution in [3.63, 3.8) is 0 Å². The lowest BCUT2D eigenvalue weighted by Gasteiger charge is -2.10. The zero-order valence-corrected chi connectivity index (χ0v) is 23.0. The Morgan fingerprint density at radius 3 is 2.62 bits per heavy atom. The standard InChI is InChI=1S/C26H25N7OS3/c1-16-12-17(2)29-25(28-16)35-14-22-31-32-26(33(22)18-8-4-3-5-9-18)36-15-23(34)30-24-20(13-27)19-10-6-7-11-21(19)37-24/h3-5,8-9,12H,6-7,10-11,14-15H2,1-2H3,(H,30,34). The van der Waals surface area contributed by atoms with Gasteiger partial charge in [-0.2, -0.15) is 5.26 Å². The lowest BCUT2D eigenvalue weighted by molar-refractivity contribution is -0.113. The van der Waals surface area contributed by atoms with E-state index >= 15 is 0 Å². The monoisotopic (exact) mass is 547 g/mol. The molecular weight excluding hydrogens is 523 g/mol. The van der Waals surface area contributed by atoms with E-state index in [2.05, 4.69) is 31.6 Å². The molecule has 4 aromatic rings. The summed E-state index contributed by atoms with van der Waals surface area (Å²) in [6.07, 6.45) is 4.11. The highest BCUT2D eigenvalue weighted by atomic mass is 32.2. The Labute approximate surface area is 228 Å². The summed E-state index contributed by atoms with van der Waals surface area (Å²) in [5.74, 6) is 1.28. The molecule has 3 heterocycles. The topological polar surface area (TPSA) is 109 Å². The minimum Gasteiger partial charge on any atom is -0.316 e. The smallest absolute Gasteiger partial charge is 0.235 e. The third kappa shape index (κ3) is 5.87. The summed E-state index contributed by atoms with van der Waals surface area (Å²) in [4.78, 5) is 23.1. The fraction of sp³-hybridized carbons (Fsp3) is 0.308. The summed E-state index contributed by atoms with van der Waals surface area (Å²) >= 11 is 4.36. The second kappa shape index (κ2) is 11.5. The van der Waals surface area contributed by atoms with Gasteiger partial charge < -0.3 is 5.32 Å². The zero-order chi connectivity index (χ0) is 25.8. The number of anilines is 1. The third-order valence-corrected chi connectivity index (χ3v) is 8.85. The Balaban J connectivity index is 1.32. The average Bonchev–Trinajstić information content (AvgIpc) is 3.46. The summed E-state index contributed by atoms with van der Waals surface area (Å²) in [6, 6.07) is 14.1. The number of thioether (sulfide) groups is 2. The second-order valence-electron chi connectivity index (χ2n) is 8.66. The molecule has 1 aliphatic carbocycles. The highest BCUT2D eigenvalue weighted by Crippen LogP contribution is 2.37. The molecule has 0 atom stereocenters. The predicted molar refractivity (Wildman–Crippen MR) is 147 cm³/mol. The predicted octanol–water partition coefficient (Wildman–Crippen LogP) is 5.51. The van der Waals surface area contributed by atoms with Crippen molar-refractivity contribution in [2.75, 3.05) is 11.1 Å². The number of nitrogens with one attached hydrogen (secondary N) is 1. The van der Waals surface area contributed by atoms with E-state index in [0.29, 0.717) is 26.6 Å². The van der Waals surface area contributed by atoms with Gasteiger partial charge in [-0.25, -0.2) is 9.97 Å². The minimum absolute atomic E-state index is 0.158. The Morgan fingerprint density at radius 1 is 1.11 bits per heavy atom. The molecule has 0 fully saturated rings. The number of fused-ring (bicyclic) bond motifs is 1. The quantitative estimate of drug-likeness (QED) is 0.227. The van der Waals surface area contributed by atoms with Gasteiger partial charge in [-0.3, -0.25) is 9.36 Å². The molecule has 37 heavy (non-hydrogen) atoms. The third-order valence-electron chi connectivity index (χ3n) is 5.88. The second-order valence-corrected chi connectivity index (χ2v) is 11.6. The van der Waals surface area contributed by atoms with Gasteiger partial charge in [0, 0.05) is 22.0 Å². The maximum atomic E-state index is 12.9. The number of carbonyl (C=O) groups excluding carboxylic acids is 1. The van der Waals surface area contributed by atoms with E-state index < -0.39 is 0 Å². The van der Waals surface area contributed by atoms with Crippen LogP contribution < -0.4 is 5.32 Å². The Hall–Kier alpha value is -3.20. The number of rotatable bonds is 8. The van der Waals surface area contributed by atoms with Crippen LogP contribution in [0.1, 0.15) is 46.1 Å². The maximum Gasteiger partial charge on any atom is 0.235 e. The van der Waals surface area contributed by atoms with Crippen LogP contribution in [0.15, 0.2) is 46.7 Å². The van der Waals surface area contributed by atoms with Crippen LogP contribution in [0.2, 0.25) is 0 Å². The number of para-hydroxylation sites is 1.